The highest BCUT2D eigenvalue weighted by Crippen LogP contribution is 2.39. The number of nitrogens with one attached hydrogen (secondary N) is 1. The summed E-state index contributed by atoms with van der Waals surface area (Å²) in [7, 11) is 0. The van der Waals surface area contributed by atoms with E-state index in [1.165, 1.54) is 12.3 Å². The first-order valence-electron chi connectivity index (χ1n) is 5.99. The molecule has 2 aromatic rings. The number of hydrogen-bond acceptors (Lipinski definition) is 4. The number of nitrogens with two attached hydrogens (primary N) is 1. The Morgan fingerprint density at radius 1 is 1.25 bits per heavy atom. The summed E-state index contributed by atoms with van der Waals surface area (Å²) in [6.07, 6.45) is 0.299. The quantitative estimate of drug-likeness (QED) is 0.908. The second kappa shape index (κ2) is 4.39. The second-order valence-corrected chi connectivity index (χ2v) is 4.61. The summed E-state index contributed by atoms with van der Waals surface area (Å²) >= 11 is 0. The van der Waals surface area contributed by atoms with Crippen molar-refractivity contribution in [3.8, 4) is 17.0 Å². The molecule has 0 radical (unpaired) electrons. The van der Waals surface area contributed by atoms with Gasteiger partial charge in [0.25, 0.3) is 0 Å². The van der Waals surface area contributed by atoms with Gasteiger partial charge in [0.05, 0.1) is 11.9 Å². The van der Waals surface area contributed by atoms with E-state index in [-0.39, 0.29) is 5.82 Å². The molecule has 0 bridgehead atoms. The molecule has 3 N–H and O–H groups in total. The van der Waals surface area contributed by atoms with Crippen LogP contribution in [0.5, 0.6) is 5.75 Å². The van der Waals surface area contributed by atoms with Gasteiger partial charge in [-0.25, -0.2) is 9.97 Å². The molecule has 0 unspecified atom stereocenters. The highest BCUT2D eigenvalue weighted by molar-refractivity contribution is 5.63. The molecule has 3 rings (SSSR count). The number of hydrogen-bond donors (Lipinski definition) is 2. The summed E-state index contributed by atoms with van der Waals surface area (Å²) in [5.74, 6) is 0.442. The lowest BCUT2D eigenvalue weighted by Crippen LogP contribution is -2.18. The molecule has 0 saturated heterocycles. The fourth-order valence-corrected chi connectivity index (χ4v) is 1.86. The number of aromatic nitrogens is 3. The van der Waals surface area contributed by atoms with Crippen molar-refractivity contribution in [1.29, 1.82) is 0 Å². The van der Waals surface area contributed by atoms with Gasteiger partial charge in [-0.1, -0.05) is 0 Å². The Labute approximate surface area is 112 Å². The van der Waals surface area contributed by atoms with Crippen LogP contribution in [0.3, 0.4) is 0 Å². The summed E-state index contributed by atoms with van der Waals surface area (Å²) in [6.45, 7) is 0. The summed E-state index contributed by atoms with van der Waals surface area (Å²) in [6, 6.07) is 1.19. The van der Waals surface area contributed by atoms with E-state index in [0.717, 1.165) is 18.7 Å². The maximum Gasteiger partial charge on any atom is 0.573 e. The monoisotopic (exact) mass is 284 g/mol. The fourth-order valence-electron chi connectivity index (χ4n) is 1.86. The number of rotatable bonds is 3. The Hall–Kier alpha value is -2.25. The number of alkyl halides is 3. The van der Waals surface area contributed by atoms with Crippen LogP contribution in [0.2, 0.25) is 0 Å². The minimum Gasteiger partial charge on any atom is -0.402 e. The number of nitrogen functional groups attached to an aromatic ring is 1. The van der Waals surface area contributed by atoms with Crippen LogP contribution in [-0.4, -0.2) is 21.3 Å². The van der Waals surface area contributed by atoms with Gasteiger partial charge >= 0.3 is 6.36 Å². The number of nitrogens with zero attached hydrogens (tertiary/aromatic N) is 2. The smallest absolute Gasteiger partial charge is 0.402 e. The molecule has 20 heavy (non-hydrogen) atoms. The van der Waals surface area contributed by atoms with Crippen LogP contribution in [0.25, 0.3) is 11.3 Å². The van der Waals surface area contributed by atoms with E-state index in [1.54, 1.807) is 6.20 Å². The van der Waals surface area contributed by atoms with Gasteiger partial charge in [-0.15, -0.1) is 13.2 Å². The van der Waals surface area contributed by atoms with Gasteiger partial charge < -0.3 is 15.5 Å². The number of halogens is 3. The Morgan fingerprint density at radius 3 is 2.65 bits per heavy atom. The van der Waals surface area contributed by atoms with Crippen LogP contribution in [0, 0.1) is 0 Å². The summed E-state index contributed by atoms with van der Waals surface area (Å²) in [5.41, 5.74) is 6.41. The zero-order valence-corrected chi connectivity index (χ0v) is 10.2. The Balaban J connectivity index is 1.90. The first kappa shape index (κ1) is 12.8. The lowest BCUT2D eigenvalue weighted by Gasteiger charge is -2.11. The third-order valence-corrected chi connectivity index (χ3v) is 2.98. The van der Waals surface area contributed by atoms with Crippen molar-refractivity contribution in [2.45, 2.75) is 25.1 Å². The maximum absolute atomic E-state index is 12.2. The molecule has 1 aliphatic carbocycles. The van der Waals surface area contributed by atoms with Crippen molar-refractivity contribution in [2.24, 2.45) is 0 Å². The van der Waals surface area contributed by atoms with Gasteiger partial charge in [-0.2, -0.15) is 0 Å². The minimum absolute atomic E-state index is 0.312. The number of imidazole rings is 1. The molecule has 1 saturated carbocycles. The summed E-state index contributed by atoms with van der Waals surface area (Å²) in [4.78, 5) is 11.0. The molecule has 1 fully saturated rings. The third kappa shape index (κ3) is 2.68. The van der Waals surface area contributed by atoms with Crippen LogP contribution in [0.1, 0.15) is 24.6 Å². The van der Waals surface area contributed by atoms with Crippen molar-refractivity contribution < 1.29 is 17.9 Å². The molecule has 0 aromatic carbocycles. The minimum atomic E-state index is -4.80. The van der Waals surface area contributed by atoms with Gasteiger partial charge in [0, 0.05) is 17.7 Å². The first-order valence-corrected chi connectivity index (χ1v) is 5.99. The van der Waals surface area contributed by atoms with Gasteiger partial charge in [-0.05, 0) is 18.9 Å². The molecular weight excluding hydrogens is 273 g/mol. The highest BCUT2D eigenvalue weighted by atomic mass is 19.4. The Bertz CT molecular complexity index is 634. The van der Waals surface area contributed by atoms with E-state index in [9.17, 15) is 13.2 Å². The average molecular weight is 284 g/mol. The summed E-state index contributed by atoms with van der Waals surface area (Å²) < 4.78 is 40.6. The largest absolute Gasteiger partial charge is 0.573 e. The van der Waals surface area contributed by atoms with Gasteiger partial charge in [0.15, 0.2) is 11.6 Å². The van der Waals surface area contributed by atoms with Crippen LogP contribution >= 0.6 is 0 Å². The lowest BCUT2D eigenvalue weighted by molar-refractivity contribution is -0.274. The van der Waals surface area contributed by atoms with Gasteiger partial charge in [0.2, 0.25) is 0 Å². The molecular formula is C12H11F3N4O. The Morgan fingerprint density at radius 2 is 2.00 bits per heavy atom. The van der Waals surface area contributed by atoms with E-state index in [1.807, 2.05) is 0 Å². The van der Waals surface area contributed by atoms with Crippen LogP contribution in [0.15, 0.2) is 18.5 Å². The van der Waals surface area contributed by atoms with Crippen LogP contribution in [-0.2, 0) is 0 Å². The predicted octanol–water partition coefficient (Wildman–Crippen LogP) is 2.83. The van der Waals surface area contributed by atoms with Gasteiger partial charge in [-0.3, -0.25) is 0 Å². The molecule has 0 atom stereocenters. The molecule has 0 spiro atoms. The zero-order chi connectivity index (χ0) is 14.3. The van der Waals surface area contributed by atoms with Crippen molar-refractivity contribution >= 4 is 5.82 Å². The fraction of sp³-hybridized carbons (Fsp3) is 0.333. The number of H-pyrrole nitrogens is 1. The number of pyridine rings is 1. The molecule has 0 amide bonds. The maximum atomic E-state index is 12.2. The van der Waals surface area contributed by atoms with E-state index in [0.29, 0.717) is 17.2 Å². The molecule has 5 nitrogen and oxygen atoms in total. The number of aromatic amines is 1. The van der Waals surface area contributed by atoms with E-state index in [4.69, 9.17) is 5.73 Å². The molecule has 8 heteroatoms. The molecule has 106 valence electrons. The third-order valence-electron chi connectivity index (χ3n) is 2.98. The normalized spacial score (nSPS) is 15.3. The zero-order valence-electron chi connectivity index (χ0n) is 10.2. The number of ether oxygens (including phenoxy) is 1. The van der Waals surface area contributed by atoms with Crippen LogP contribution in [0.4, 0.5) is 19.0 Å². The summed E-state index contributed by atoms with van der Waals surface area (Å²) in [5, 5.41) is 0. The van der Waals surface area contributed by atoms with Crippen molar-refractivity contribution in [1.82, 2.24) is 15.0 Å². The van der Waals surface area contributed by atoms with Crippen LogP contribution < -0.4 is 10.5 Å². The molecule has 2 aromatic heterocycles. The van der Waals surface area contributed by atoms with E-state index in [2.05, 4.69) is 19.7 Å². The molecule has 1 aliphatic rings. The molecule has 0 aliphatic heterocycles. The van der Waals surface area contributed by atoms with E-state index < -0.39 is 12.1 Å². The van der Waals surface area contributed by atoms with Crippen molar-refractivity contribution in [3.05, 3.63) is 24.3 Å². The number of anilines is 1. The molecule has 2 heterocycles. The first-order chi connectivity index (χ1) is 9.42. The predicted molar refractivity (Wildman–Crippen MR) is 64.9 cm³/mol. The lowest BCUT2D eigenvalue weighted by atomic mass is 10.2. The van der Waals surface area contributed by atoms with Gasteiger partial charge in [0.1, 0.15) is 5.82 Å². The standard InChI is InChI=1S/C12H11F3N4O/c13-12(14,15)20-9-3-7(4-17-10(9)16)8-5-18-11(19-8)6-1-2-6/h3-6H,1-2H2,(H2,16,17)(H,18,19). The van der Waals surface area contributed by atoms with E-state index >= 15 is 0 Å². The average Bonchev–Trinajstić information content (AvgIpc) is 3.09. The SMILES string of the molecule is Nc1ncc(-c2cnc(C3CC3)[nH]2)cc1OC(F)(F)F. The van der Waals surface area contributed by atoms with Crippen molar-refractivity contribution in [3.63, 3.8) is 0 Å². The Kier molecular flexibility index (Phi) is 2.81. The van der Waals surface area contributed by atoms with Crippen molar-refractivity contribution in [2.75, 3.05) is 5.73 Å². The second-order valence-electron chi connectivity index (χ2n) is 4.61. The highest BCUT2D eigenvalue weighted by Gasteiger charge is 2.32. The topological polar surface area (TPSA) is 76.8 Å².